The van der Waals surface area contributed by atoms with E-state index in [1.807, 2.05) is 0 Å². The summed E-state index contributed by atoms with van der Waals surface area (Å²) in [6.45, 7) is 14.2. The van der Waals surface area contributed by atoms with Crippen LogP contribution in [0.5, 0.6) is 0 Å². The normalized spacial score (nSPS) is 28.2. The van der Waals surface area contributed by atoms with E-state index in [-0.39, 0.29) is 7.43 Å². The van der Waals surface area contributed by atoms with Gasteiger partial charge in [-0.2, -0.15) is 0 Å². The molecule has 0 heterocycles. The van der Waals surface area contributed by atoms with Gasteiger partial charge >= 0.3 is 0 Å². The fourth-order valence-corrected chi connectivity index (χ4v) is 2.32. The van der Waals surface area contributed by atoms with Crippen molar-refractivity contribution in [3.05, 3.63) is 0 Å². The van der Waals surface area contributed by atoms with Crippen LogP contribution in [0.15, 0.2) is 0 Å². The van der Waals surface area contributed by atoms with Crippen LogP contribution in [0.3, 0.4) is 0 Å². The Morgan fingerprint density at radius 3 is 1.69 bits per heavy atom. The Bertz CT molecular complexity index is 154. The van der Waals surface area contributed by atoms with Crippen molar-refractivity contribution in [2.24, 2.45) is 22.7 Å². The number of hydrogen-bond acceptors (Lipinski definition) is 0. The van der Waals surface area contributed by atoms with Crippen molar-refractivity contribution in [2.75, 3.05) is 0 Å². The largest absolute Gasteiger partial charge is 0.0776 e. The summed E-state index contributed by atoms with van der Waals surface area (Å²) in [5.74, 6) is 2.02. The van der Waals surface area contributed by atoms with Gasteiger partial charge in [0.1, 0.15) is 0 Å². The number of hydrogen-bond donors (Lipinski definition) is 0. The minimum atomic E-state index is 0. The van der Waals surface area contributed by atoms with Crippen LogP contribution < -0.4 is 0 Å². The van der Waals surface area contributed by atoms with Crippen molar-refractivity contribution in [1.29, 1.82) is 0 Å². The highest BCUT2D eigenvalue weighted by Crippen LogP contribution is 2.54. The molecule has 0 saturated heterocycles. The van der Waals surface area contributed by atoms with E-state index in [2.05, 4.69) is 41.5 Å². The van der Waals surface area contributed by atoms with Crippen LogP contribution in [0.25, 0.3) is 0 Å². The van der Waals surface area contributed by atoms with Crippen LogP contribution in [0.4, 0.5) is 0 Å². The van der Waals surface area contributed by atoms with E-state index in [0.717, 1.165) is 11.8 Å². The van der Waals surface area contributed by atoms with Gasteiger partial charge in [-0.15, -0.1) is 0 Å². The molecule has 0 bridgehead atoms. The Balaban J connectivity index is 0.00000144. The van der Waals surface area contributed by atoms with Gasteiger partial charge in [-0.05, 0) is 35.5 Å². The summed E-state index contributed by atoms with van der Waals surface area (Å²) >= 11 is 0. The van der Waals surface area contributed by atoms with Crippen LogP contribution in [0.1, 0.15) is 61.8 Å². The molecular weight excluding hydrogens is 156 g/mol. The lowest BCUT2D eigenvalue weighted by molar-refractivity contribution is 0.284. The Kier molecular flexibility index (Phi) is 3.63. The fraction of sp³-hybridized carbons (Fsp3) is 1.00. The molecule has 1 aliphatic rings. The summed E-state index contributed by atoms with van der Waals surface area (Å²) in [6.07, 6.45) is 2.88. The second kappa shape index (κ2) is 3.63. The molecule has 1 saturated carbocycles. The average molecular weight is 184 g/mol. The van der Waals surface area contributed by atoms with E-state index >= 15 is 0 Å². The van der Waals surface area contributed by atoms with Gasteiger partial charge < -0.3 is 0 Å². The summed E-state index contributed by atoms with van der Waals surface area (Å²) in [7, 11) is 0. The molecule has 0 amide bonds. The Morgan fingerprint density at radius 2 is 1.46 bits per heavy atom. The van der Waals surface area contributed by atoms with E-state index in [1.54, 1.807) is 0 Å². The first kappa shape index (κ1) is 13.0. The maximum Gasteiger partial charge on any atom is -0.0334 e. The van der Waals surface area contributed by atoms with Gasteiger partial charge in [-0.1, -0.05) is 49.0 Å². The van der Waals surface area contributed by atoms with Gasteiger partial charge in [-0.3, -0.25) is 0 Å². The van der Waals surface area contributed by atoms with E-state index in [1.165, 1.54) is 12.8 Å². The van der Waals surface area contributed by atoms with Gasteiger partial charge in [0.05, 0.1) is 0 Å². The van der Waals surface area contributed by atoms with Crippen molar-refractivity contribution in [1.82, 2.24) is 0 Å². The van der Waals surface area contributed by atoms with Gasteiger partial charge in [0.15, 0.2) is 0 Å². The molecule has 2 atom stereocenters. The molecule has 1 aliphatic carbocycles. The standard InChI is InChI=1S/C12H24.CH4/c1-11(2,3)8-9-7-10(9)12(4,5)6;/h9-10H,7-8H2,1-6H3;1H4. The van der Waals surface area contributed by atoms with Crippen molar-refractivity contribution >= 4 is 0 Å². The monoisotopic (exact) mass is 184 g/mol. The molecule has 0 spiro atoms. The van der Waals surface area contributed by atoms with Gasteiger partial charge in [-0.25, -0.2) is 0 Å². The highest BCUT2D eigenvalue weighted by atomic mass is 14.5. The minimum Gasteiger partial charge on any atom is -0.0776 e. The zero-order valence-corrected chi connectivity index (χ0v) is 9.57. The van der Waals surface area contributed by atoms with Crippen LogP contribution >= 0.6 is 0 Å². The highest BCUT2D eigenvalue weighted by Gasteiger charge is 2.45. The molecule has 13 heavy (non-hydrogen) atoms. The summed E-state index contributed by atoms with van der Waals surface area (Å²) in [4.78, 5) is 0. The van der Waals surface area contributed by atoms with E-state index in [0.29, 0.717) is 10.8 Å². The zero-order valence-electron chi connectivity index (χ0n) is 9.57. The third kappa shape index (κ3) is 4.15. The van der Waals surface area contributed by atoms with Crippen molar-refractivity contribution in [3.8, 4) is 0 Å². The Hall–Kier alpha value is 0. The molecule has 0 N–H and O–H groups in total. The van der Waals surface area contributed by atoms with E-state index in [4.69, 9.17) is 0 Å². The minimum absolute atomic E-state index is 0. The molecule has 0 radical (unpaired) electrons. The van der Waals surface area contributed by atoms with Crippen molar-refractivity contribution in [3.63, 3.8) is 0 Å². The molecular formula is C13H28. The molecule has 1 rings (SSSR count). The molecule has 1 fully saturated rings. The van der Waals surface area contributed by atoms with Crippen molar-refractivity contribution < 1.29 is 0 Å². The lowest BCUT2D eigenvalue weighted by Crippen LogP contribution is -2.12. The fourth-order valence-electron chi connectivity index (χ4n) is 2.32. The average Bonchev–Trinajstić information content (AvgIpc) is 2.37. The molecule has 0 heteroatoms. The van der Waals surface area contributed by atoms with Crippen molar-refractivity contribution in [2.45, 2.75) is 61.8 Å². The van der Waals surface area contributed by atoms with E-state index < -0.39 is 0 Å². The maximum absolute atomic E-state index is 2.38. The first-order chi connectivity index (χ1) is 5.20. The predicted molar refractivity (Wildman–Crippen MR) is 61.9 cm³/mol. The molecule has 80 valence electrons. The van der Waals surface area contributed by atoms with Crippen LogP contribution in [-0.2, 0) is 0 Å². The topological polar surface area (TPSA) is 0 Å². The predicted octanol–water partition coefficient (Wildman–Crippen LogP) is 4.74. The van der Waals surface area contributed by atoms with Gasteiger partial charge in [0.25, 0.3) is 0 Å². The van der Waals surface area contributed by atoms with Crippen LogP contribution in [-0.4, -0.2) is 0 Å². The van der Waals surface area contributed by atoms with Gasteiger partial charge in [0, 0.05) is 0 Å². The molecule has 2 unspecified atom stereocenters. The third-order valence-electron chi connectivity index (χ3n) is 2.91. The summed E-state index contributed by atoms with van der Waals surface area (Å²) in [5.41, 5.74) is 1.08. The second-order valence-electron chi connectivity index (χ2n) is 6.73. The smallest absolute Gasteiger partial charge is 0.0334 e. The lowest BCUT2D eigenvalue weighted by Gasteiger charge is -2.22. The zero-order chi connectivity index (χ0) is 9.57. The first-order valence-corrected chi connectivity index (χ1v) is 5.20. The molecule has 0 aromatic rings. The van der Waals surface area contributed by atoms with Crippen LogP contribution in [0, 0.1) is 22.7 Å². The maximum atomic E-state index is 2.38. The summed E-state index contributed by atoms with van der Waals surface area (Å²) in [5, 5.41) is 0. The molecule has 0 aliphatic heterocycles. The summed E-state index contributed by atoms with van der Waals surface area (Å²) in [6, 6.07) is 0. The van der Waals surface area contributed by atoms with Crippen LogP contribution in [0.2, 0.25) is 0 Å². The molecule has 0 aromatic carbocycles. The highest BCUT2D eigenvalue weighted by molar-refractivity contribution is 4.95. The molecule has 0 aromatic heterocycles. The third-order valence-corrected chi connectivity index (χ3v) is 2.91. The molecule has 0 nitrogen and oxygen atoms in total. The number of rotatable bonds is 1. The van der Waals surface area contributed by atoms with Gasteiger partial charge in [0.2, 0.25) is 0 Å². The SMILES string of the molecule is C.CC(C)(C)CC1CC1C(C)(C)C. The lowest BCUT2D eigenvalue weighted by atomic mass is 9.84. The Labute approximate surface area is 85.1 Å². The summed E-state index contributed by atoms with van der Waals surface area (Å²) < 4.78 is 0. The Morgan fingerprint density at radius 1 is 1.00 bits per heavy atom. The van der Waals surface area contributed by atoms with E-state index in [9.17, 15) is 0 Å². The first-order valence-electron chi connectivity index (χ1n) is 5.20. The quantitative estimate of drug-likeness (QED) is 0.552. The second-order valence-corrected chi connectivity index (χ2v) is 6.73.